The molecule has 8 heteroatoms. The normalized spacial score (nSPS) is 11.2. The van der Waals surface area contributed by atoms with Crippen LogP contribution in [0.4, 0.5) is 15.9 Å². The summed E-state index contributed by atoms with van der Waals surface area (Å²) in [5, 5.41) is 2.73. The highest BCUT2D eigenvalue weighted by Crippen LogP contribution is 2.26. The van der Waals surface area contributed by atoms with E-state index in [1.54, 1.807) is 14.0 Å². The molecule has 0 aliphatic carbocycles. The second-order valence-corrected chi connectivity index (χ2v) is 6.88. The third kappa shape index (κ3) is 3.51. The standard InChI is InChI=1S/C13H13BrFN3O2S/c1-8-5-10(15)3-4-11(8)18-21(19,20)12-6-9(14)7-17-13(12)16-2/h3-7,18H,1-2H3,(H,16,17). The van der Waals surface area contributed by atoms with Crippen molar-refractivity contribution in [2.24, 2.45) is 0 Å². The van der Waals surface area contributed by atoms with Crippen molar-refractivity contribution in [1.29, 1.82) is 0 Å². The lowest BCUT2D eigenvalue weighted by atomic mass is 10.2. The molecule has 2 aromatic rings. The Morgan fingerprint density at radius 3 is 2.62 bits per heavy atom. The summed E-state index contributed by atoms with van der Waals surface area (Å²) >= 11 is 3.20. The van der Waals surface area contributed by atoms with Gasteiger partial charge in [-0.2, -0.15) is 0 Å². The van der Waals surface area contributed by atoms with Crippen LogP contribution in [0.2, 0.25) is 0 Å². The maximum Gasteiger partial charge on any atom is 0.265 e. The monoisotopic (exact) mass is 373 g/mol. The van der Waals surface area contributed by atoms with E-state index in [1.165, 1.54) is 30.5 Å². The minimum Gasteiger partial charge on any atom is -0.372 e. The number of nitrogens with zero attached hydrogens (tertiary/aromatic N) is 1. The molecule has 0 aliphatic heterocycles. The van der Waals surface area contributed by atoms with E-state index in [1.807, 2.05) is 0 Å². The third-order valence-electron chi connectivity index (χ3n) is 2.78. The molecule has 0 aliphatic rings. The number of hydrogen-bond donors (Lipinski definition) is 2. The van der Waals surface area contributed by atoms with Crippen molar-refractivity contribution in [3.05, 3.63) is 46.3 Å². The minimum atomic E-state index is -3.84. The van der Waals surface area contributed by atoms with Crippen LogP contribution in [-0.2, 0) is 10.0 Å². The van der Waals surface area contributed by atoms with Crippen LogP contribution < -0.4 is 10.0 Å². The van der Waals surface area contributed by atoms with Gasteiger partial charge in [-0.1, -0.05) is 0 Å². The van der Waals surface area contributed by atoms with Crippen LogP contribution in [0.5, 0.6) is 0 Å². The number of hydrogen-bond acceptors (Lipinski definition) is 4. The lowest BCUT2D eigenvalue weighted by molar-refractivity contribution is 0.600. The molecular weight excluding hydrogens is 361 g/mol. The molecule has 0 bridgehead atoms. The van der Waals surface area contributed by atoms with Gasteiger partial charge in [0.15, 0.2) is 0 Å². The molecule has 0 atom stereocenters. The van der Waals surface area contributed by atoms with E-state index in [9.17, 15) is 12.8 Å². The Morgan fingerprint density at radius 2 is 2.00 bits per heavy atom. The van der Waals surface area contributed by atoms with Crippen molar-refractivity contribution in [1.82, 2.24) is 4.98 Å². The van der Waals surface area contributed by atoms with Crippen molar-refractivity contribution in [3.63, 3.8) is 0 Å². The molecule has 0 saturated heterocycles. The highest BCUT2D eigenvalue weighted by Gasteiger charge is 2.20. The Bertz CT molecular complexity index is 781. The zero-order valence-electron chi connectivity index (χ0n) is 11.3. The molecule has 21 heavy (non-hydrogen) atoms. The van der Waals surface area contributed by atoms with Gasteiger partial charge in [-0.3, -0.25) is 4.72 Å². The number of nitrogens with one attached hydrogen (secondary N) is 2. The molecule has 2 N–H and O–H groups in total. The van der Waals surface area contributed by atoms with Gasteiger partial charge >= 0.3 is 0 Å². The minimum absolute atomic E-state index is 0.00287. The summed E-state index contributed by atoms with van der Waals surface area (Å²) in [4.78, 5) is 4.01. The largest absolute Gasteiger partial charge is 0.372 e. The average Bonchev–Trinajstić information content (AvgIpc) is 2.42. The molecule has 2 rings (SSSR count). The summed E-state index contributed by atoms with van der Waals surface area (Å²) < 4.78 is 41.0. The second kappa shape index (κ2) is 5.98. The number of pyridine rings is 1. The topological polar surface area (TPSA) is 71.1 Å². The van der Waals surface area contributed by atoms with Crippen molar-refractivity contribution >= 4 is 37.5 Å². The number of rotatable bonds is 4. The maximum absolute atomic E-state index is 13.1. The number of halogens is 2. The van der Waals surface area contributed by atoms with E-state index >= 15 is 0 Å². The van der Waals surface area contributed by atoms with Crippen LogP contribution in [0.15, 0.2) is 39.8 Å². The molecule has 0 unspecified atom stereocenters. The molecule has 112 valence electrons. The SMILES string of the molecule is CNc1ncc(Br)cc1S(=O)(=O)Nc1ccc(F)cc1C. The highest BCUT2D eigenvalue weighted by molar-refractivity contribution is 9.10. The number of sulfonamides is 1. The Hall–Kier alpha value is -1.67. The Balaban J connectivity index is 2.45. The van der Waals surface area contributed by atoms with Crippen LogP contribution in [-0.4, -0.2) is 20.4 Å². The van der Waals surface area contributed by atoms with Crippen LogP contribution >= 0.6 is 15.9 Å². The predicted molar refractivity (Wildman–Crippen MR) is 83.4 cm³/mol. The molecular formula is C13H13BrFN3O2S. The van der Waals surface area contributed by atoms with Gasteiger partial charge < -0.3 is 5.32 Å². The maximum atomic E-state index is 13.1. The van der Waals surface area contributed by atoms with Gasteiger partial charge in [0.2, 0.25) is 0 Å². The van der Waals surface area contributed by atoms with Gasteiger partial charge in [0.1, 0.15) is 16.5 Å². The fourth-order valence-corrected chi connectivity index (χ4v) is 3.56. The quantitative estimate of drug-likeness (QED) is 0.863. The number of aryl methyl sites for hydroxylation is 1. The molecule has 0 fully saturated rings. The summed E-state index contributed by atoms with van der Waals surface area (Å²) in [5.74, 6) is -0.194. The summed E-state index contributed by atoms with van der Waals surface area (Å²) in [7, 11) is -2.26. The van der Waals surface area contributed by atoms with E-state index in [4.69, 9.17) is 0 Å². The van der Waals surface area contributed by atoms with Crippen LogP contribution in [0.25, 0.3) is 0 Å². The van der Waals surface area contributed by atoms with E-state index in [2.05, 4.69) is 31.0 Å². The summed E-state index contributed by atoms with van der Waals surface area (Å²) in [6.07, 6.45) is 1.49. The first-order valence-corrected chi connectivity index (χ1v) is 8.23. The molecule has 5 nitrogen and oxygen atoms in total. The number of anilines is 2. The van der Waals surface area contributed by atoms with Crippen molar-refractivity contribution < 1.29 is 12.8 Å². The first-order chi connectivity index (χ1) is 9.83. The zero-order valence-corrected chi connectivity index (χ0v) is 13.7. The molecule has 0 saturated carbocycles. The van der Waals surface area contributed by atoms with Gasteiger partial charge in [-0.25, -0.2) is 17.8 Å². The van der Waals surface area contributed by atoms with Gasteiger partial charge in [-0.05, 0) is 52.7 Å². The first-order valence-electron chi connectivity index (χ1n) is 5.96. The van der Waals surface area contributed by atoms with Gasteiger partial charge in [0, 0.05) is 17.7 Å². The fourth-order valence-electron chi connectivity index (χ4n) is 1.75. The molecule has 0 amide bonds. The smallest absolute Gasteiger partial charge is 0.265 e. The number of benzene rings is 1. The zero-order chi connectivity index (χ0) is 15.6. The molecule has 1 aromatic carbocycles. The summed E-state index contributed by atoms with van der Waals surface area (Å²) in [5.41, 5.74) is 0.811. The molecule has 1 aromatic heterocycles. The molecule has 0 radical (unpaired) electrons. The number of aromatic nitrogens is 1. The lowest BCUT2D eigenvalue weighted by Crippen LogP contribution is -2.16. The van der Waals surface area contributed by atoms with E-state index in [0.29, 0.717) is 15.7 Å². The van der Waals surface area contributed by atoms with Crippen molar-refractivity contribution in [2.45, 2.75) is 11.8 Å². The van der Waals surface area contributed by atoms with Gasteiger partial charge in [0.05, 0.1) is 5.69 Å². The van der Waals surface area contributed by atoms with Crippen LogP contribution in [0, 0.1) is 12.7 Å². The lowest BCUT2D eigenvalue weighted by Gasteiger charge is -2.13. The predicted octanol–water partition coefficient (Wildman–Crippen LogP) is 3.13. The van der Waals surface area contributed by atoms with Gasteiger partial charge in [-0.15, -0.1) is 0 Å². The van der Waals surface area contributed by atoms with E-state index in [-0.39, 0.29) is 10.7 Å². The van der Waals surface area contributed by atoms with Crippen molar-refractivity contribution in [2.75, 3.05) is 17.1 Å². The van der Waals surface area contributed by atoms with E-state index in [0.717, 1.165) is 0 Å². The average molecular weight is 374 g/mol. The summed E-state index contributed by atoms with van der Waals surface area (Å²) in [6.45, 7) is 1.62. The third-order valence-corrected chi connectivity index (χ3v) is 4.59. The van der Waals surface area contributed by atoms with Crippen LogP contribution in [0.3, 0.4) is 0 Å². The van der Waals surface area contributed by atoms with Gasteiger partial charge in [0.25, 0.3) is 10.0 Å². The second-order valence-electron chi connectivity index (χ2n) is 4.32. The Kier molecular flexibility index (Phi) is 4.48. The molecule has 1 heterocycles. The summed E-state index contributed by atoms with van der Waals surface area (Å²) in [6, 6.07) is 5.28. The first kappa shape index (κ1) is 15.7. The Morgan fingerprint density at radius 1 is 1.29 bits per heavy atom. The van der Waals surface area contributed by atoms with Crippen LogP contribution in [0.1, 0.15) is 5.56 Å². The van der Waals surface area contributed by atoms with Crippen molar-refractivity contribution in [3.8, 4) is 0 Å². The Labute approximate surface area is 130 Å². The fraction of sp³-hybridized carbons (Fsp3) is 0.154. The van der Waals surface area contributed by atoms with E-state index < -0.39 is 15.8 Å². The molecule has 0 spiro atoms. The highest BCUT2D eigenvalue weighted by atomic mass is 79.9.